The Balaban J connectivity index is 2.44. The van der Waals surface area contributed by atoms with Crippen LogP contribution in [-0.2, 0) is 9.53 Å². The predicted octanol–water partition coefficient (Wildman–Crippen LogP) is 0.659. The highest BCUT2D eigenvalue weighted by Gasteiger charge is 2.17. The van der Waals surface area contributed by atoms with E-state index in [-0.39, 0.29) is 9.88 Å². The van der Waals surface area contributed by atoms with E-state index in [0.29, 0.717) is 17.9 Å². The normalized spacial score (nSPS) is 9.65. The number of carbonyl (C=O) groups is 3. The number of imide groups is 1. The monoisotopic (exact) mass is 301 g/mol. The number of rotatable bonds is 5. The molecule has 10 heteroatoms. The standard InChI is InChI=1S/C10H11N3O6S/c1-2-11-10(16)12-7(14)5-19-9(15)6-3-4-8(20-6)13(17)18/h3-4H,2,5H2,1H3,(H2,11,12,14,16). The second-order valence-corrected chi connectivity index (χ2v) is 4.44. The van der Waals surface area contributed by atoms with E-state index in [2.05, 4.69) is 10.1 Å². The summed E-state index contributed by atoms with van der Waals surface area (Å²) in [6.07, 6.45) is 0. The number of ether oxygens (including phenoxy) is 1. The molecule has 1 aromatic heterocycles. The van der Waals surface area contributed by atoms with Crippen LogP contribution < -0.4 is 10.6 Å². The zero-order valence-corrected chi connectivity index (χ0v) is 11.2. The fourth-order valence-corrected chi connectivity index (χ4v) is 1.82. The van der Waals surface area contributed by atoms with Gasteiger partial charge in [-0.2, -0.15) is 0 Å². The number of nitrogens with one attached hydrogen (secondary N) is 2. The van der Waals surface area contributed by atoms with Crippen LogP contribution in [0, 0.1) is 10.1 Å². The van der Waals surface area contributed by atoms with Crippen molar-refractivity contribution in [3.63, 3.8) is 0 Å². The van der Waals surface area contributed by atoms with Crippen molar-refractivity contribution in [3.8, 4) is 0 Å². The van der Waals surface area contributed by atoms with Gasteiger partial charge in [-0.1, -0.05) is 11.3 Å². The van der Waals surface area contributed by atoms with Crippen LogP contribution in [0.15, 0.2) is 12.1 Å². The first-order chi connectivity index (χ1) is 9.43. The molecular weight excluding hydrogens is 290 g/mol. The zero-order chi connectivity index (χ0) is 15.1. The Morgan fingerprint density at radius 3 is 2.65 bits per heavy atom. The van der Waals surface area contributed by atoms with Crippen LogP contribution in [0.2, 0.25) is 0 Å². The highest BCUT2D eigenvalue weighted by molar-refractivity contribution is 7.17. The van der Waals surface area contributed by atoms with Gasteiger partial charge in [0.15, 0.2) is 6.61 Å². The summed E-state index contributed by atoms with van der Waals surface area (Å²) in [5.74, 6) is -1.66. The van der Waals surface area contributed by atoms with Crippen molar-refractivity contribution >= 4 is 34.2 Å². The Labute approximate surface area is 117 Å². The first-order valence-corrected chi connectivity index (χ1v) is 6.24. The number of carbonyl (C=O) groups excluding carboxylic acids is 3. The molecule has 3 amide bonds. The quantitative estimate of drug-likeness (QED) is 0.467. The molecule has 9 nitrogen and oxygen atoms in total. The van der Waals surface area contributed by atoms with E-state index in [1.807, 2.05) is 5.32 Å². The van der Waals surface area contributed by atoms with Gasteiger partial charge in [-0.05, 0) is 13.0 Å². The highest BCUT2D eigenvalue weighted by atomic mass is 32.1. The molecule has 0 bridgehead atoms. The zero-order valence-electron chi connectivity index (χ0n) is 10.4. The number of nitro groups is 1. The van der Waals surface area contributed by atoms with E-state index in [1.165, 1.54) is 6.07 Å². The molecule has 0 spiro atoms. The molecule has 0 aromatic carbocycles. The van der Waals surface area contributed by atoms with E-state index in [9.17, 15) is 24.5 Å². The van der Waals surface area contributed by atoms with Crippen LogP contribution in [0.5, 0.6) is 0 Å². The molecule has 108 valence electrons. The maximum absolute atomic E-state index is 11.5. The molecule has 0 fully saturated rings. The summed E-state index contributed by atoms with van der Waals surface area (Å²) in [5.41, 5.74) is 0. The number of nitrogens with zero attached hydrogens (tertiary/aromatic N) is 1. The third-order valence-corrected chi connectivity index (χ3v) is 2.91. The topological polar surface area (TPSA) is 128 Å². The fourth-order valence-electron chi connectivity index (χ4n) is 1.11. The van der Waals surface area contributed by atoms with Gasteiger partial charge < -0.3 is 10.1 Å². The molecular formula is C10H11N3O6S. The van der Waals surface area contributed by atoms with Crippen LogP contribution in [0.4, 0.5) is 9.80 Å². The van der Waals surface area contributed by atoms with E-state index in [4.69, 9.17) is 0 Å². The third-order valence-electron chi connectivity index (χ3n) is 1.90. The average molecular weight is 301 g/mol. The summed E-state index contributed by atoms with van der Waals surface area (Å²) in [7, 11) is 0. The number of urea groups is 1. The lowest BCUT2D eigenvalue weighted by Gasteiger charge is -2.05. The molecule has 0 aliphatic heterocycles. The van der Waals surface area contributed by atoms with Crippen LogP contribution in [-0.4, -0.2) is 36.0 Å². The Morgan fingerprint density at radius 2 is 2.10 bits per heavy atom. The van der Waals surface area contributed by atoms with Gasteiger partial charge >= 0.3 is 17.0 Å². The molecule has 1 rings (SSSR count). The van der Waals surface area contributed by atoms with Gasteiger partial charge in [0.1, 0.15) is 4.88 Å². The number of thiophene rings is 1. The van der Waals surface area contributed by atoms with Crippen molar-refractivity contribution in [1.82, 2.24) is 10.6 Å². The number of hydrogen-bond acceptors (Lipinski definition) is 7. The molecule has 0 aliphatic carbocycles. The molecule has 0 aliphatic rings. The maximum Gasteiger partial charge on any atom is 0.349 e. The van der Waals surface area contributed by atoms with Gasteiger partial charge in [0.25, 0.3) is 5.91 Å². The molecule has 0 saturated heterocycles. The first kappa shape index (κ1) is 15.6. The van der Waals surface area contributed by atoms with Gasteiger partial charge in [0.2, 0.25) is 0 Å². The first-order valence-electron chi connectivity index (χ1n) is 5.43. The van der Waals surface area contributed by atoms with Crippen LogP contribution in [0.25, 0.3) is 0 Å². The Hall–Kier alpha value is -2.49. The van der Waals surface area contributed by atoms with Crippen LogP contribution in [0.1, 0.15) is 16.6 Å². The lowest BCUT2D eigenvalue weighted by atomic mass is 10.5. The van der Waals surface area contributed by atoms with Gasteiger partial charge in [-0.15, -0.1) is 0 Å². The SMILES string of the molecule is CCNC(=O)NC(=O)COC(=O)c1ccc([N+](=O)[O-])s1. The predicted molar refractivity (Wildman–Crippen MR) is 68.5 cm³/mol. The Bertz CT molecular complexity index is 541. The van der Waals surface area contributed by atoms with E-state index >= 15 is 0 Å². The number of esters is 1. The summed E-state index contributed by atoms with van der Waals surface area (Å²) in [4.78, 5) is 43.5. The Kier molecular flexibility index (Phi) is 5.59. The van der Waals surface area contributed by atoms with E-state index in [1.54, 1.807) is 6.92 Å². The summed E-state index contributed by atoms with van der Waals surface area (Å²) in [6.45, 7) is 1.37. The molecule has 1 heterocycles. The van der Waals surface area contributed by atoms with E-state index < -0.39 is 29.4 Å². The lowest BCUT2D eigenvalue weighted by Crippen LogP contribution is -2.41. The maximum atomic E-state index is 11.5. The van der Waals surface area contributed by atoms with Crippen molar-refractivity contribution in [2.24, 2.45) is 0 Å². The minimum Gasteiger partial charge on any atom is -0.451 e. The van der Waals surface area contributed by atoms with Crippen molar-refractivity contribution < 1.29 is 24.0 Å². The minimum atomic E-state index is -0.867. The largest absolute Gasteiger partial charge is 0.451 e. The number of hydrogen-bond donors (Lipinski definition) is 2. The van der Waals surface area contributed by atoms with Gasteiger partial charge in [0, 0.05) is 12.6 Å². The van der Waals surface area contributed by atoms with Crippen molar-refractivity contribution in [2.45, 2.75) is 6.92 Å². The Morgan fingerprint density at radius 1 is 1.40 bits per heavy atom. The molecule has 20 heavy (non-hydrogen) atoms. The third kappa shape index (κ3) is 4.65. The molecule has 0 atom stereocenters. The molecule has 2 N–H and O–H groups in total. The van der Waals surface area contributed by atoms with Crippen molar-refractivity contribution in [3.05, 3.63) is 27.1 Å². The van der Waals surface area contributed by atoms with Gasteiger partial charge in [0.05, 0.1) is 4.92 Å². The molecule has 0 radical (unpaired) electrons. The van der Waals surface area contributed by atoms with E-state index in [0.717, 1.165) is 6.07 Å². The van der Waals surface area contributed by atoms with Gasteiger partial charge in [-0.3, -0.25) is 20.2 Å². The second-order valence-electron chi connectivity index (χ2n) is 3.38. The second kappa shape index (κ2) is 7.19. The minimum absolute atomic E-state index is 0.00232. The summed E-state index contributed by atoms with van der Waals surface area (Å²) in [5, 5.41) is 14.5. The number of amides is 3. The van der Waals surface area contributed by atoms with Crippen LogP contribution >= 0.6 is 11.3 Å². The fraction of sp³-hybridized carbons (Fsp3) is 0.300. The summed E-state index contributed by atoms with van der Waals surface area (Å²) in [6, 6.07) is 1.70. The highest BCUT2D eigenvalue weighted by Crippen LogP contribution is 2.24. The lowest BCUT2D eigenvalue weighted by molar-refractivity contribution is -0.380. The molecule has 0 saturated carbocycles. The average Bonchev–Trinajstić information content (AvgIpc) is 2.86. The summed E-state index contributed by atoms with van der Waals surface area (Å²) < 4.78 is 4.62. The molecule has 0 unspecified atom stereocenters. The smallest absolute Gasteiger partial charge is 0.349 e. The van der Waals surface area contributed by atoms with Crippen molar-refractivity contribution in [1.29, 1.82) is 0 Å². The van der Waals surface area contributed by atoms with Gasteiger partial charge in [-0.25, -0.2) is 9.59 Å². The van der Waals surface area contributed by atoms with Crippen LogP contribution in [0.3, 0.4) is 0 Å². The van der Waals surface area contributed by atoms with Crippen molar-refractivity contribution in [2.75, 3.05) is 13.2 Å². The summed E-state index contributed by atoms with van der Waals surface area (Å²) >= 11 is 0.638. The molecule has 1 aromatic rings.